The summed E-state index contributed by atoms with van der Waals surface area (Å²) in [7, 11) is 1.91. The molecule has 3 rings (SSSR count). The van der Waals surface area contributed by atoms with Crippen LogP contribution in [-0.4, -0.2) is 15.6 Å². The molecule has 6 nitrogen and oxygen atoms in total. The van der Waals surface area contributed by atoms with E-state index in [1.165, 1.54) is 11.3 Å². The van der Waals surface area contributed by atoms with Crippen LogP contribution in [0.2, 0.25) is 0 Å². The van der Waals surface area contributed by atoms with Crippen molar-refractivity contribution in [3.05, 3.63) is 46.6 Å². The molecule has 1 amide bonds. The number of nitrogens with one attached hydrogen (secondary N) is 1. The Bertz CT molecular complexity index is 843. The first kappa shape index (κ1) is 12.6. The third-order valence-corrected chi connectivity index (χ3v) is 3.93. The Labute approximate surface area is 118 Å². The lowest BCUT2D eigenvalue weighted by Gasteiger charge is -1.95. The zero-order valence-corrected chi connectivity index (χ0v) is 11.8. The summed E-state index contributed by atoms with van der Waals surface area (Å²) in [6, 6.07) is 9.52. The molecule has 0 saturated carbocycles. The second-order valence-corrected chi connectivity index (χ2v) is 5.31. The van der Waals surface area contributed by atoms with Crippen LogP contribution in [0.15, 0.2) is 40.0 Å². The number of hydrogen-bond acceptors (Lipinski definition) is 5. The number of carbonyl (C=O) groups excluding carboxylic acids is 1. The molecule has 0 saturated heterocycles. The van der Waals surface area contributed by atoms with Gasteiger partial charge in [0.2, 0.25) is 10.6 Å². The summed E-state index contributed by atoms with van der Waals surface area (Å²) < 4.78 is 7.91. The maximum atomic E-state index is 11.8. The molecule has 0 radical (unpaired) electrons. The minimum Gasteiger partial charge on any atom is -0.351 e. The monoisotopic (exact) mass is 288 g/mol. The molecular formula is C13H12N4O2S. The van der Waals surface area contributed by atoms with E-state index in [1.807, 2.05) is 35.9 Å². The van der Waals surface area contributed by atoms with E-state index in [9.17, 15) is 4.79 Å². The van der Waals surface area contributed by atoms with Gasteiger partial charge in [-0.25, -0.2) is 5.43 Å². The van der Waals surface area contributed by atoms with E-state index in [1.54, 1.807) is 13.0 Å². The summed E-state index contributed by atoms with van der Waals surface area (Å²) in [6.45, 7) is 1.75. The van der Waals surface area contributed by atoms with Crippen LogP contribution in [0.4, 0.5) is 0 Å². The Morgan fingerprint density at radius 3 is 2.95 bits per heavy atom. The minimum atomic E-state index is -0.414. The van der Waals surface area contributed by atoms with Crippen LogP contribution in [0.25, 0.3) is 10.2 Å². The van der Waals surface area contributed by atoms with E-state index >= 15 is 0 Å². The SMILES string of the molecule is Cc1cc(C(=O)NN=c2sc3ccccc3n2C)on1. The molecule has 2 heterocycles. The molecule has 0 fully saturated rings. The van der Waals surface area contributed by atoms with Gasteiger partial charge in [-0.05, 0) is 19.1 Å². The lowest BCUT2D eigenvalue weighted by atomic mass is 10.3. The number of amides is 1. The molecule has 0 spiro atoms. The summed E-state index contributed by atoms with van der Waals surface area (Å²) in [5, 5.41) is 7.79. The highest BCUT2D eigenvalue weighted by molar-refractivity contribution is 7.16. The van der Waals surface area contributed by atoms with Crippen LogP contribution >= 0.6 is 11.3 Å². The van der Waals surface area contributed by atoms with Gasteiger partial charge in [-0.2, -0.15) is 0 Å². The average molecular weight is 288 g/mol. The van der Waals surface area contributed by atoms with E-state index in [0.29, 0.717) is 10.5 Å². The first-order valence-corrected chi connectivity index (χ1v) is 6.79. The number of rotatable bonds is 2. The van der Waals surface area contributed by atoms with Gasteiger partial charge in [-0.1, -0.05) is 28.6 Å². The molecule has 3 aromatic rings. The molecule has 1 N–H and O–H groups in total. The Kier molecular flexibility index (Phi) is 3.11. The number of fused-ring (bicyclic) bond motifs is 1. The maximum Gasteiger partial charge on any atom is 0.310 e. The van der Waals surface area contributed by atoms with Crippen LogP contribution < -0.4 is 10.2 Å². The Morgan fingerprint density at radius 1 is 1.45 bits per heavy atom. The third-order valence-electron chi connectivity index (χ3n) is 2.82. The van der Waals surface area contributed by atoms with Crippen molar-refractivity contribution in [2.45, 2.75) is 6.92 Å². The quantitative estimate of drug-likeness (QED) is 0.731. The van der Waals surface area contributed by atoms with Crippen LogP contribution in [0, 0.1) is 6.92 Å². The number of thiazole rings is 1. The van der Waals surface area contributed by atoms with E-state index in [4.69, 9.17) is 4.52 Å². The third kappa shape index (κ3) is 2.23. The highest BCUT2D eigenvalue weighted by Gasteiger charge is 2.10. The van der Waals surface area contributed by atoms with Gasteiger partial charge in [-0.3, -0.25) is 4.79 Å². The Hall–Kier alpha value is -2.41. The van der Waals surface area contributed by atoms with Crippen molar-refractivity contribution in [2.24, 2.45) is 12.1 Å². The van der Waals surface area contributed by atoms with Crippen molar-refractivity contribution in [2.75, 3.05) is 0 Å². The lowest BCUT2D eigenvalue weighted by molar-refractivity contribution is 0.0916. The fourth-order valence-corrected chi connectivity index (χ4v) is 2.79. The number of aryl methyl sites for hydroxylation is 2. The molecule has 0 aliphatic heterocycles. The van der Waals surface area contributed by atoms with E-state index < -0.39 is 5.91 Å². The second kappa shape index (κ2) is 4.93. The van der Waals surface area contributed by atoms with Crippen molar-refractivity contribution in [3.63, 3.8) is 0 Å². The molecule has 20 heavy (non-hydrogen) atoms. The fourth-order valence-electron chi connectivity index (χ4n) is 1.81. The number of aromatic nitrogens is 2. The lowest BCUT2D eigenvalue weighted by Crippen LogP contribution is -2.22. The van der Waals surface area contributed by atoms with E-state index in [-0.39, 0.29) is 5.76 Å². The first-order chi connectivity index (χ1) is 9.65. The molecule has 0 aliphatic rings. The maximum absolute atomic E-state index is 11.8. The second-order valence-electron chi connectivity index (χ2n) is 4.30. The van der Waals surface area contributed by atoms with Gasteiger partial charge in [0.1, 0.15) is 0 Å². The van der Waals surface area contributed by atoms with Crippen molar-refractivity contribution >= 4 is 27.5 Å². The molecule has 2 aromatic heterocycles. The molecule has 7 heteroatoms. The van der Waals surface area contributed by atoms with Gasteiger partial charge in [0, 0.05) is 13.1 Å². The zero-order valence-electron chi connectivity index (χ0n) is 11.0. The van der Waals surface area contributed by atoms with Gasteiger partial charge in [0.15, 0.2) is 0 Å². The first-order valence-electron chi connectivity index (χ1n) is 5.97. The van der Waals surface area contributed by atoms with Gasteiger partial charge in [0.25, 0.3) is 0 Å². The molecule has 0 bridgehead atoms. The summed E-state index contributed by atoms with van der Waals surface area (Å²) >= 11 is 1.50. The highest BCUT2D eigenvalue weighted by atomic mass is 32.1. The number of carbonyl (C=O) groups is 1. The summed E-state index contributed by atoms with van der Waals surface area (Å²) in [5.41, 5.74) is 4.20. The van der Waals surface area contributed by atoms with Crippen molar-refractivity contribution in [1.29, 1.82) is 0 Å². The van der Waals surface area contributed by atoms with Crippen LogP contribution in [0.3, 0.4) is 0 Å². The topological polar surface area (TPSA) is 72.4 Å². The van der Waals surface area contributed by atoms with Crippen LogP contribution in [0.5, 0.6) is 0 Å². The number of benzene rings is 1. The molecule has 0 unspecified atom stereocenters. The summed E-state index contributed by atoms with van der Waals surface area (Å²) in [6.07, 6.45) is 0. The van der Waals surface area contributed by atoms with Crippen molar-refractivity contribution < 1.29 is 9.32 Å². The molecule has 0 aliphatic carbocycles. The average Bonchev–Trinajstić information content (AvgIpc) is 3.01. The smallest absolute Gasteiger partial charge is 0.310 e. The van der Waals surface area contributed by atoms with Crippen molar-refractivity contribution in [1.82, 2.24) is 15.1 Å². The molecular weight excluding hydrogens is 276 g/mol. The largest absolute Gasteiger partial charge is 0.351 e. The van der Waals surface area contributed by atoms with Gasteiger partial charge >= 0.3 is 5.91 Å². The Morgan fingerprint density at radius 2 is 2.25 bits per heavy atom. The van der Waals surface area contributed by atoms with Gasteiger partial charge < -0.3 is 9.09 Å². The number of nitrogens with zero attached hydrogens (tertiary/aromatic N) is 3. The van der Waals surface area contributed by atoms with E-state index in [0.717, 1.165) is 10.2 Å². The predicted octanol–water partition coefficient (Wildman–Crippen LogP) is 1.78. The zero-order chi connectivity index (χ0) is 14.1. The van der Waals surface area contributed by atoms with Crippen molar-refractivity contribution in [3.8, 4) is 0 Å². The summed E-state index contributed by atoms with van der Waals surface area (Å²) in [4.78, 5) is 12.5. The number of para-hydroxylation sites is 1. The molecule has 0 atom stereocenters. The van der Waals surface area contributed by atoms with Gasteiger partial charge in [-0.15, -0.1) is 5.10 Å². The van der Waals surface area contributed by atoms with Gasteiger partial charge in [0.05, 0.1) is 15.9 Å². The van der Waals surface area contributed by atoms with E-state index in [2.05, 4.69) is 15.7 Å². The summed E-state index contributed by atoms with van der Waals surface area (Å²) in [5.74, 6) is -0.266. The molecule has 102 valence electrons. The van der Waals surface area contributed by atoms with Crippen LogP contribution in [-0.2, 0) is 7.05 Å². The standard InChI is InChI=1S/C13H12N4O2S/c1-8-7-10(19-16-8)12(18)14-15-13-17(2)9-5-3-4-6-11(9)20-13/h3-7H,1-2H3,(H,14,18). The number of hydrogen-bond donors (Lipinski definition) is 1. The normalized spacial score (nSPS) is 12.0. The minimum absolute atomic E-state index is 0.148. The highest BCUT2D eigenvalue weighted by Crippen LogP contribution is 2.14. The predicted molar refractivity (Wildman–Crippen MR) is 75.1 cm³/mol. The molecule has 1 aromatic carbocycles. The fraction of sp³-hybridized carbons (Fsp3) is 0.154. The van der Waals surface area contributed by atoms with Crippen LogP contribution in [0.1, 0.15) is 16.2 Å². The Balaban J connectivity index is 1.91.